The number of hydrogen-bond acceptors (Lipinski definition) is 2. The van der Waals surface area contributed by atoms with Crippen molar-refractivity contribution in [2.45, 2.75) is 13.5 Å². The summed E-state index contributed by atoms with van der Waals surface area (Å²) in [5.74, 6) is 0.882. The molecule has 1 rings (SSSR count). The minimum absolute atomic E-state index is 0.882. The van der Waals surface area contributed by atoms with Crippen LogP contribution in [-0.4, -0.2) is 13.7 Å². The summed E-state index contributed by atoms with van der Waals surface area (Å²) in [6.45, 7) is 3.97. The van der Waals surface area contributed by atoms with E-state index in [1.54, 1.807) is 7.11 Å². The van der Waals surface area contributed by atoms with Gasteiger partial charge in [-0.1, -0.05) is 28.9 Å². The maximum atomic E-state index is 5.10. The third kappa shape index (κ3) is 3.01. The van der Waals surface area contributed by atoms with Crippen molar-refractivity contribution in [3.8, 4) is 5.75 Å². The summed E-state index contributed by atoms with van der Waals surface area (Å²) >= 11 is 3.50. The Balaban J connectivity index is 2.73. The molecule has 0 heterocycles. The summed E-state index contributed by atoms with van der Waals surface area (Å²) in [7, 11) is 1.67. The lowest BCUT2D eigenvalue weighted by Crippen LogP contribution is -2.11. The molecule has 0 aliphatic rings. The first-order valence-corrected chi connectivity index (χ1v) is 5.10. The molecule has 0 amide bonds. The van der Waals surface area contributed by atoms with E-state index in [2.05, 4.69) is 34.2 Å². The average Bonchev–Trinajstić information content (AvgIpc) is 2.16. The van der Waals surface area contributed by atoms with Crippen LogP contribution in [0, 0.1) is 0 Å². The van der Waals surface area contributed by atoms with Gasteiger partial charge in [0.05, 0.1) is 7.11 Å². The van der Waals surface area contributed by atoms with E-state index >= 15 is 0 Å². The molecule has 0 unspecified atom stereocenters. The highest BCUT2D eigenvalue weighted by molar-refractivity contribution is 9.10. The van der Waals surface area contributed by atoms with Gasteiger partial charge >= 0.3 is 0 Å². The van der Waals surface area contributed by atoms with Gasteiger partial charge in [0, 0.05) is 11.0 Å². The molecular weight excluding hydrogens is 230 g/mol. The fourth-order valence-electron chi connectivity index (χ4n) is 1.06. The predicted octanol–water partition coefficient (Wildman–Crippen LogP) is 2.57. The average molecular weight is 244 g/mol. The topological polar surface area (TPSA) is 21.3 Å². The van der Waals surface area contributed by atoms with Crippen LogP contribution in [0.5, 0.6) is 5.75 Å². The Bertz CT molecular complexity index is 276. The highest BCUT2D eigenvalue weighted by atomic mass is 79.9. The molecule has 0 aromatic heterocycles. The monoisotopic (exact) mass is 243 g/mol. The van der Waals surface area contributed by atoms with Crippen LogP contribution in [0.4, 0.5) is 0 Å². The van der Waals surface area contributed by atoms with Gasteiger partial charge in [0.1, 0.15) is 5.75 Å². The van der Waals surface area contributed by atoms with Crippen molar-refractivity contribution in [1.29, 1.82) is 0 Å². The number of halogens is 1. The summed E-state index contributed by atoms with van der Waals surface area (Å²) in [6, 6.07) is 6.01. The maximum absolute atomic E-state index is 5.10. The molecule has 72 valence electrons. The van der Waals surface area contributed by atoms with Gasteiger partial charge in [0.2, 0.25) is 0 Å². The summed E-state index contributed by atoms with van der Waals surface area (Å²) in [5.41, 5.74) is 1.25. The summed E-state index contributed by atoms with van der Waals surface area (Å²) in [4.78, 5) is 0. The Kier molecular flexibility index (Phi) is 4.25. The van der Waals surface area contributed by atoms with Crippen LogP contribution < -0.4 is 10.1 Å². The molecule has 0 saturated heterocycles. The summed E-state index contributed by atoms with van der Waals surface area (Å²) in [6.07, 6.45) is 0. The lowest BCUT2D eigenvalue weighted by molar-refractivity contribution is 0.414. The molecule has 0 bridgehead atoms. The van der Waals surface area contributed by atoms with E-state index in [4.69, 9.17) is 4.74 Å². The third-order valence-electron chi connectivity index (χ3n) is 1.83. The molecule has 0 fully saturated rings. The molecule has 0 saturated carbocycles. The lowest BCUT2D eigenvalue weighted by atomic mass is 10.2. The SMILES string of the molecule is CCNCc1ccc(OC)cc1Br. The first-order chi connectivity index (χ1) is 6.27. The molecular formula is C10H14BrNO. The van der Waals surface area contributed by atoms with E-state index < -0.39 is 0 Å². The van der Waals surface area contributed by atoms with E-state index in [1.165, 1.54) is 5.56 Å². The van der Waals surface area contributed by atoms with Gasteiger partial charge < -0.3 is 10.1 Å². The van der Waals surface area contributed by atoms with Crippen LogP contribution in [0.3, 0.4) is 0 Å². The van der Waals surface area contributed by atoms with E-state index in [0.29, 0.717) is 0 Å². The van der Waals surface area contributed by atoms with Gasteiger partial charge in [-0.05, 0) is 24.2 Å². The normalized spacial score (nSPS) is 10.1. The quantitative estimate of drug-likeness (QED) is 0.878. The van der Waals surface area contributed by atoms with Gasteiger partial charge in [-0.15, -0.1) is 0 Å². The zero-order valence-corrected chi connectivity index (χ0v) is 9.52. The van der Waals surface area contributed by atoms with Crippen molar-refractivity contribution in [2.75, 3.05) is 13.7 Å². The van der Waals surface area contributed by atoms with Crippen molar-refractivity contribution >= 4 is 15.9 Å². The molecule has 2 nitrogen and oxygen atoms in total. The van der Waals surface area contributed by atoms with Gasteiger partial charge in [0.25, 0.3) is 0 Å². The zero-order valence-electron chi connectivity index (χ0n) is 7.93. The van der Waals surface area contributed by atoms with Crippen LogP contribution in [0.25, 0.3) is 0 Å². The predicted molar refractivity (Wildman–Crippen MR) is 58.1 cm³/mol. The Morgan fingerprint density at radius 1 is 1.46 bits per heavy atom. The van der Waals surface area contributed by atoms with E-state index in [0.717, 1.165) is 23.3 Å². The number of hydrogen-bond donors (Lipinski definition) is 1. The number of benzene rings is 1. The number of ether oxygens (including phenoxy) is 1. The fourth-order valence-corrected chi connectivity index (χ4v) is 1.56. The van der Waals surface area contributed by atoms with E-state index in [1.807, 2.05) is 12.1 Å². The smallest absolute Gasteiger partial charge is 0.120 e. The largest absolute Gasteiger partial charge is 0.497 e. The minimum Gasteiger partial charge on any atom is -0.497 e. The molecule has 1 aromatic rings. The minimum atomic E-state index is 0.882. The van der Waals surface area contributed by atoms with Crippen molar-refractivity contribution < 1.29 is 4.74 Å². The number of methoxy groups -OCH3 is 1. The molecule has 1 aromatic carbocycles. The highest BCUT2D eigenvalue weighted by Crippen LogP contribution is 2.22. The lowest BCUT2D eigenvalue weighted by Gasteiger charge is -2.06. The third-order valence-corrected chi connectivity index (χ3v) is 2.56. The van der Waals surface area contributed by atoms with Crippen molar-refractivity contribution in [3.05, 3.63) is 28.2 Å². The molecule has 1 N–H and O–H groups in total. The van der Waals surface area contributed by atoms with Crippen molar-refractivity contribution in [3.63, 3.8) is 0 Å². The Hall–Kier alpha value is -0.540. The number of nitrogens with one attached hydrogen (secondary N) is 1. The maximum Gasteiger partial charge on any atom is 0.120 e. The van der Waals surface area contributed by atoms with Crippen LogP contribution >= 0.6 is 15.9 Å². The highest BCUT2D eigenvalue weighted by Gasteiger charge is 2.00. The zero-order chi connectivity index (χ0) is 9.68. The van der Waals surface area contributed by atoms with Gasteiger partial charge in [-0.25, -0.2) is 0 Å². The van der Waals surface area contributed by atoms with Gasteiger partial charge in [0.15, 0.2) is 0 Å². The summed E-state index contributed by atoms with van der Waals surface area (Å²) < 4.78 is 6.19. The second-order valence-electron chi connectivity index (χ2n) is 2.74. The fraction of sp³-hybridized carbons (Fsp3) is 0.400. The van der Waals surface area contributed by atoms with Crippen molar-refractivity contribution in [2.24, 2.45) is 0 Å². The van der Waals surface area contributed by atoms with Crippen LogP contribution in [0.2, 0.25) is 0 Å². The van der Waals surface area contributed by atoms with Gasteiger partial charge in [-0.2, -0.15) is 0 Å². The van der Waals surface area contributed by atoms with Gasteiger partial charge in [-0.3, -0.25) is 0 Å². The molecule has 13 heavy (non-hydrogen) atoms. The Morgan fingerprint density at radius 3 is 2.77 bits per heavy atom. The second kappa shape index (κ2) is 5.25. The standard InChI is InChI=1S/C10H14BrNO/c1-3-12-7-8-4-5-9(13-2)6-10(8)11/h4-6,12H,3,7H2,1-2H3. The van der Waals surface area contributed by atoms with Crippen LogP contribution in [0.15, 0.2) is 22.7 Å². The van der Waals surface area contributed by atoms with E-state index in [9.17, 15) is 0 Å². The molecule has 0 aliphatic heterocycles. The Labute approximate surface area is 87.4 Å². The van der Waals surface area contributed by atoms with Crippen molar-refractivity contribution in [1.82, 2.24) is 5.32 Å². The van der Waals surface area contributed by atoms with Crippen LogP contribution in [-0.2, 0) is 6.54 Å². The Morgan fingerprint density at radius 2 is 2.23 bits per heavy atom. The molecule has 0 radical (unpaired) electrons. The molecule has 0 spiro atoms. The van der Waals surface area contributed by atoms with Crippen LogP contribution in [0.1, 0.15) is 12.5 Å². The second-order valence-corrected chi connectivity index (χ2v) is 3.59. The molecule has 0 atom stereocenters. The number of rotatable bonds is 4. The summed E-state index contributed by atoms with van der Waals surface area (Å²) in [5, 5.41) is 3.27. The first-order valence-electron chi connectivity index (χ1n) is 4.31. The molecule has 3 heteroatoms. The van der Waals surface area contributed by atoms with E-state index in [-0.39, 0.29) is 0 Å². The molecule has 0 aliphatic carbocycles. The first kappa shape index (κ1) is 10.5.